The molecule has 1 aliphatic rings. The average molecular weight is 478 g/mol. The van der Waals surface area contributed by atoms with Gasteiger partial charge in [0.2, 0.25) is 0 Å². The quantitative estimate of drug-likeness (QED) is 0.310. The molecule has 1 unspecified atom stereocenters. The number of aliphatic hydroxyl groups is 1. The van der Waals surface area contributed by atoms with Crippen molar-refractivity contribution < 1.29 is 19.4 Å². The highest BCUT2D eigenvalue weighted by Gasteiger charge is 2.46. The first-order valence-corrected chi connectivity index (χ1v) is 10.5. The second-order valence-corrected chi connectivity index (χ2v) is 8.16. The summed E-state index contributed by atoms with van der Waals surface area (Å²) in [4.78, 5) is 27.7. The van der Waals surface area contributed by atoms with Crippen LogP contribution in [0.25, 0.3) is 5.76 Å². The first-order valence-electron chi connectivity index (χ1n) is 9.69. The van der Waals surface area contributed by atoms with Crippen molar-refractivity contribution in [2.45, 2.75) is 13.0 Å². The maximum atomic E-state index is 13.1. The number of rotatable bonds is 4. The maximum Gasteiger partial charge on any atom is 0.300 e. The lowest BCUT2D eigenvalue weighted by molar-refractivity contribution is -0.132. The molecule has 4 rings (SSSR count). The van der Waals surface area contributed by atoms with Gasteiger partial charge in [0.05, 0.1) is 18.7 Å². The molecule has 1 aliphatic heterocycles. The molecule has 1 amide bonds. The van der Waals surface area contributed by atoms with E-state index in [-0.39, 0.29) is 11.3 Å². The summed E-state index contributed by atoms with van der Waals surface area (Å²) >= 11 is 3.43. The van der Waals surface area contributed by atoms with Crippen LogP contribution in [-0.2, 0) is 9.59 Å². The van der Waals surface area contributed by atoms with Crippen LogP contribution in [0.2, 0.25) is 0 Å². The number of aliphatic hydroxyl groups excluding tert-OH is 1. The summed E-state index contributed by atoms with van der Waals surface area (Å²) in [5.41, 5.74) is 2.61. The van der Waals surface area contributed by atoms with E-state index >= 15 is 0 Å². The van der Waals surface area contributed by atoms with E-state index in [1.807, 2.05) is 43.3 Å². The topological polar surface area (TPSA) is 66.8 Å². The summed E-state index contributed by atoms with van der Waals surface area (Å²) in [7, 11) is 1.57. The Bertz CT molecular complexity index is 1200. The molecule has 5 nitrogen and oxygen atoms in total. The van der Waals surface area contributed by atoms with Crippen LogP contribution in [-0.4, -0.2) is 23.9 Å². The second kappa shape index (κ2) is 8.40. The third-order valence-electron chi connectivity index (χ3n) is 5.31. The number of amides is 1. The Hall–Kier alpha value is -3.38. The first kappa shape index (κ1) is 20.9. The number of ether oxygens (including phenoxy) is 1. The number of Topliss-reactive ketones (excluding diaryl/α,β-unsaturated/α-hetero) is 1. The van der Waals surface area contributed by atoms with Gasteiger partial charge in [0, 0.05) is 15.7 Å². The molecule has 3 aromatic rings. The minimum atomic E-state index is -0.752. The molecule has 1 heterocycles. The third kappa shape index (κ3) is 3.75. The zero-order valence-corrected chi connectivity index (χ0v) is 18.6. The maximum absolute atomic E-state index is 13.1. The van der Waals surface area contributed by atoms with E-state index in [9.17, 15) is 14.7 Å². The van der Waals surface area contributed by atoms with E-state index in [4.69, 9.17) is 4.74 Å². The van der Waals surface area contributed by atoms with Crippen molar-refractivity contribution in [3.05, 3.63) is 99.5 Å². The molecule has 31 heavy (non-hydrogen) atoms. The molecule has 0 radical (unpaired) electrons. The average Bonchev–Trinajstić information content (AvgIpc) is 3.04. The van der Waals surface area contributed by atoms with Crippen LogP contribution < -0.4 is 9.64 Å². The molecule has 1 atom stereocenters. The molecule has 156 valence electrons. The van der Waals surface area contributed by atoms with Crippen molar-refractivity contribution in [2.24, 2.45) is 0 Å². The fraction of sp³-hybridized carbons (Fsp3) is 0.120. The van der Waals surface area contributed by atoms with Gasteiger partial charge in [-0.3, -0.25) is 14.5 Å². The van der Waals surface area contributed by atoms with Gasteiger partial charge in [-0.2, -0.15) is 0 Å². The van der Waals surface area contributed by atoms with Crippen LogP contribution in [0.4, 0.5) is 5.69 Å². The molecule has 0 bridgehead atoms. The number of hydrogen-bond donors (Lipinski definition) is 1. The number of carbonyl (C=O) groups is 2. The lowest BCUT2D eigenvalue weighted by Crippen LogP contribution is -2.29. The van der Waals surface area contributed by atoms with Gasteiger partial charge in [-0.15, -0.1) is 0 Å². The fourth-order valence-corrected chi connectivity index (χ4v) is 4.24. The molecule has 1 saturated heterocycles. The Balaban J connectivity index is 1.93. The summed E-state index contributed by atoms with van der Waals surface area (Å²) in [5, 5.41) is 11.2. The number of methoxy groups -OCH3 is 1. The predicted molar refractivity (Wildman–Crippen MR) is 123 cm³/mol. The van der Waals surface area contributed by atoms with E-state index in [2.05, 4.69) is 15.9 Å². The number of halogens is 1. The third-order valence-corrected chi connectivity index (χ3v) is 5.81. The minimum Gasteiger partial charge on any atom is -0.507 e. The normalized spacial score (nSPS) is 17.8. The Kier molecular flexibility index (Phi) is 5.65. The van der Waals surface area contributed by atoms with E-state index < -0.39 is 17.7 Å². The first-order chi connectivity index (χ1) is 14.9. The Labute approximate surface area is 188 Å². The van der Waals surface area contributed by atoms with Crippen LogP contribution in [0, 0.1) is 6.92 Å². The number of carbonyl (C=O) groups excluding carboxylic acids is 2. The zero-order chi connectivity index (χ0) is 22.1. The van der Waals surface area contributed by atoms with Crippen LogP contribution in [0.15, 0.2) is 82.8 Å². The lowest BCUT2D eigenvalue weighted by Gasteiger charge is -2.25. The van der Waals surface area contributed by atoms with Crippen molar-refractivity contribution in [3.63, 3.8) is 0 Å². The summed E-state index contributed by atoms with van der Waals surface area (Å²) in [6, 6.07) is 20.8. The molecule has 1 N–H and O–H groups in total. The van der Waals surface area contributed by atoms with Crippen LogP contribution >= 0.6 is 15.9 Å². The summed E-state index contributed by atoms with van der Waals surface area (Å²) in [5.74, 6) is -0.945. The molecule has 3 aromatic carbocycles. The smallest absolute Gasteiger partial charge is 0.300 e. The molecular weight excluding hydrogens is 458 g/mol. The standard InChI is InChI=1S/C25H20BrNO4/c1-15-13-17(11-12-20(15)31-2)23(28)21-22(16-7-4-3-5-8-16)27(25(30)24(21)29)19-10-6-9-18(26)14-19/h3-14,22,28H,1-2H3/b23-21+. The highest BCUT2D eigenvalue weighted by molar-refractivity contribution is 9.10. The van der Waals surface area contributed by atoms with E-state index in [0.29, 0.717) is 17.0 Å². The summed E-state index contributed by atoms with van der Waals surface area (Å²) < 4.78 is 6.07. The van der Waals surface area contributed by atoms with Crippen molar-refractivity contribution in [2.75, 3.05) is 12.0 Å². The number of benzene rings is 3. The molecule has 0 spiro atoms. The lowest BCUT2D eigenvalue weighted by atomic mass is 9.94. The van der Waals surface area contributed by atoms with Gasteiger partial charge >= 0.3 is 0 Å². The predicted octanol–water partition coefficient (Wildman–Crippen LogP) is 5.39. The SMILES string of the molecule is COc1ccc(/C(O)=C2\C(=O)C(=O)N(c3cccc(Br)c3)C2c2ccccc2)cc1C. The number of nitrogens with zero attached hydrogens (tertiary/aromatic N) is 1. The van der Waals surface area contributed by atoms with Crippen molar-refractivity contribution in [3.8, 4) is 5.75 Å². The molecule has 0 aromatic heterocycles. The van der Waals surface area contributed by atoms with Gasteiger partial charge in [-0.1, -0.05) is 52.3 Å². The number of anilines is 1. The summed E-state index contributed by atoms with van der Waals surface area (Å²) in [6.07, 6.45) is 0. The monoisotopic (exact) mass is 477 g/mol. The molecule has 1 fully saturated rings. The van der Waals surface area contributed by atoms with Crippen molar-refractivity contribution >= 4 is 39.1 Å². The fourth-order valence-electron chi connectivity index (χ4n) is 3.86. The molecule has 0 saturated carbocycles. The van der Waals surface area contributed by atoms with Gasteiger partial charge in [0.25, 0.3) is 11.7 Å². The Morgan fingerprint density at radius 3 is 2.39 bits per heavy atom. The van der Waals surface area contributed by atoms with Gasteiger partial charge in [0.1, 0.15) is 11.5 Å². The van der Waals surface area contributed by atoms with Gasteiger partial charge in [-0.25, -0.2) is 0 Å². The Morgan fingerprint density at radius 2 is 1.74 bits per heavy atom. The largest absolute Gasteiger partial charge is 0.507 e. The molecule has 0 aliphatic carbocycles. The van der Waals surface area contributed by atoms with Gasteiger partial charge < -0.3 is 9.84 Å². The Morgan fingerprint density at radius 1 is 1.00 bits per heavy atom. The van der Waals surface area contributed by atoms with E-state index in [1.165, 1.54) is 4.90 Å². The zero-order valence-electron chi connectivity index (χ0n) is 17.0. The summed E-state index contributed by atoms with van der Waals surface area (Å²) in [6.45, 7) is 1.85. The van der Waals surface area contributed by atoms with E-state index in [0.717, 1.165) is 15.6 Å². The molecule has 6 heteroatoms. The van der Waals surface area contributed by atoms with Crippen LogP contribution in [0.5, 0.6) is 5.75 Å². The number of aryl methyl sites for hydroxylation is 1. The highest BCUT2D eigenvalue weighted by Crippen LogP contribution is 2.42. The van der Waals surface area contributed by atoms with Crippen LogP contribution in [0.1, 0.15) is 22.7 Å². The minimum absolute atomic E-state index is 0.0562. The van der Waals surface area contributed by atoms with Gasteiger partial charge in [-0.05, 0) is 54.4 Å². The van der Waals surface area contributed by atoms with Crippen molar-refractivity contribution in [1.29, 1.82) is 0 Å². The van der Waals surface area contributed by atoms with Gasteiger partial charge in [0.15, 0.2) is 0 Å². The van der Waals surface area contributed by atoms with Crippen LogP contribution in [0.3, 0.4) is 0 Å². The van der Waals surface area contributed by atoms with Crippen molar-refractivity contribution in [1.82, 2.24) is 0 Å². The molecular formula is C25H20BrNO4. The number of hydrogen-bond acceptors (Lipinski definition) is 4. The number of ketones is 1. The van der Waals surface area contributed by atoms with E-state index in [1.54, 1.807) is 43.5 Å². The highest BCUT2D eigenvalue weighted by atomic mass is 79.9. The second-order valence-electron chi connectivity index (χ2n) is 7.24.